The molecule has 0 aliphatic heterocycles. The maximum Gasteiger partial charge on any atom is 0.313 e. The molecule has 6 heteroatoms. The summed E-state index contributed by atoms with van der Waals surface area (Å²) in [6.07, 6.45) is 5.38. The van der Waals surface area contributed by atoms with Crippen molar-refractivity contribution in [2.75, 3.05) is 12.4 Å². The van der Waals surface area contributed by atoms with Gasteiger partial charge in [-0.3, -0.25) is 9.59 Å². The minimum atomic E-state index is -3.62. The van der Waals surface area contributed by atoms with Crippen LogP contribution in [0.1, 0.15) is 57.4 Å². The van der Waals surface area contributed by atoms with Crippen LogP contribution in [0.5, 0.6) is 0 Å². The highest BCUT2D eigenvalue weighted by Gasteiger charge is 2.28. The summed E-state index contributed by atoms with van der Waals surface area (Å²) in [6, 6.07) is 6.30. The third-order valence-electron chi connectivity index (χ3n) is 4.65. The second-order valence-corrected chi connectivity index (χ2v) is 8.71. The van der Waals surface area contributed by atoms with Crippen LogP contribution in [-0.4, -0.2) is 32.5 Å². The van der Waals surface area contributed by atoms with Crippen molar-refractivity contribution in [3.05, 3.63) is 29.8 Å². The van der Waals surface area contributed by atoms with Crippen molar-refractivity contribution in [3.63, 3.8) is 0 Å². The number of Topliss-reactive ketones (excluding diaryl/α,β-unsaturated/α-hetero) is 1. The molecule has 0 aromatic heterocycles. The summed E-state index contributed by atoms with van der Waals surface area (Å²) in [7, 11) is -3.62. The lowest BCUT2D eigenvalue weighted by Crippen LogP contribution is -2.19. The number of hydrogen-bond acceptors (Lipinski definition) is 5. The number of hydrogen-bond donors (Lipinski definition) is 0. The number of ether oxygens (including phenoxy) is 1. The zero-order valence-electron chi connectivity index (χ0n) is 14.9. The van der Waals surface area contributed by atoms with Crippen LogP contribution in [0.15, 0.2) is 29.2 Å². The molecule has 1 unspecified atom stereocenters. The Morgan fingerprint density at radius 3 is 2.28 bits per heavy atom. The topological polar surface area (TPSA) is 77.5 Å². The van der Waals surface area contributed by atoms with Gasteiger partial charge in [0.15, 0.2) is 9.84 Å². The fraction of sp³-hybridized carbons (Fsp3) is 0.579. The van der Waals surface area contributed by atoms with Gasteiger partial charge in [0.2, 0.25) is 0 Å². The van der Waals surface area contributed by atoms with E-state index < -0.39 is 21.4 Å². The molecule has 1 aromatic carbocycles. The average Bonchev–Trinajstić information content (AvgIpc) is 3.05. The first-order valence-electron chi connectivity index (χ1n) is 8.82. The lowest BCUT2D eigenvalue weighted by Gasteiger charge is -2.20. The summed E-state index contributed by atoms with van der Waals surface area (Å²) in [5.74, 6) is -1.01. The molecule has 25 heavy (non-hydrogen) atoms. The number of rotatable bonds is 8. The van der Waals surface area contributed by atoms with Crippen molar-refractivity contribution in [1.29, 1.82) is 0 Å². The Morgan fingerprint density at radius 2 is 1.76 bits per heavy atom. The number of carbonyl (C=O) groups excluding carboxylic acids is 2. The van der Waals surface area contributed by atoms with Gasteiger partial charge in [-0.25, -0.2) is 8.42 Å². The number of benzene rings is 1. The predicted molar refractivity (Wildman–Crippen MR) is 95.1 cm³/mol. The van der Waals surface area contributed by atoms with Crippen LogP contribution in [0, 0.1) is 5.92 Å². The third-order valence-corrected chi connectivity index (χ3v) is 6.43. The van der Waals surface area contributed by atoms with E-state index in [-0.39, 0.29) is 16.8 Å². The summed E-state index contributed by atoms with van der Waals surface area (Å²) in [4.78, 5) is 23.6. The van der Waals surface area contributed by atoms with E-state index in [0.29, 0.717) is 12.5 Å². The molecule has 1 saturated carbocycles. The SMILES string of the molecule is CCOC(=O)C(CC1CCCC1)c1ccc(S(=O)(=O)CC(C)=O)cc1. The molecule has 0 amide bonds. The summed E-state index contributed by atoms with van der Waals surface area (Å²) in [5, 5.41) is 0. The van der Waals surface area contributed by atoms with E-state index in [1.54, 1.807) is 19.1 Å². The van der Waals surface area contributed by atoms with Gasteiger partial charge in [0.1, 0.15) is 11.5 Å². The third kappa shape index (κ3) is 5.39. The number of sulfone groups is 1. The van der Waals surface area contributed by atoms with Crippen LogP contribution >= 0.6 is 0 Å². The molecule has 0 saturated heterocycles. The molecule has 1 fully saturated rings. The largest absolute Gasteiger partial charge is 0.466 e. The van der Waals surface area contributed by atoms with Crippen LogP contribution in [0.3, 0.4) is 0 Å². The Morgan fingerprint density at radius 1 is 1.16 bits per heavy atom. The van der Waals surface area contributed by atoms with Crippen molar-refractivity contribution in [2.45, 2.75) is 56.8 Å². The fourth-order valence-electron chi connectivity index (χ4n) is 3.45. The lowest BCUT2D eigenvalue weighted by molar-refractivity contribution is -0.145. The van der Waals surface area contributed by atoms with Gasteiger partial charge in [0.25, 0.3) is 0 Å². The first kappa shape index (κ1) is 19.6. The summed E-state index contributed by atoms with van der Waals surface area (Å²) in [6.45, 7) is 3.36. The highest BCUT2D eigenvalue weighted by Crippen LogP contribution is 2.35. The smallest absolute Gasteiger partial charge is 0.313 e. The maximum absolute atomic E-state index is 12.4. The quantitative estimate of drug-likeness (QED) is 0.660. The minimum Gasteiger partial charge on any atom is -0.466 e. The molecule has 1 aliphatic rings. The Balaban J connectivity index is 2.22. The number of carbonyl (C=O) groups is 2. The predicted octanol–water partition coefficient (Wildman–Crippen LogP) is 3.28. The lowest BCUT2D eigenvalue weighted by atomic mass is 9.88. The highest BCUT2D eigenvalue weighted by atomic mass is 32.2. The molecule has 0 N–H and O–H groups in total. The van der Waals surface area contributed by atoms with Crippen LogP contribution in [-0.2, 0) is 24.2 Å². The molecule has 1 aliphatic carbocycles. The molecular weight excluding hydrogens is 340 g/mol. The van der Waals surface area contributed by atoms with E-state index in [1.165, 1.54) is 31.9 Å². The average molecular weight is 366 g/mol. The molecular formula is C19H26O5S. The van der Waals surface area contributed by atoms with Gasteiger partial charge in [-0.1, -0.05) is 37.8 Å². The normalized spacial score (nSPS) is 16.6. The van der Waals surface area contributed by atoms with Crippen LogP contribution in [0.25, 0.3) is 0 Å². The van der Waals surface area contributed by atoms with E-state index in [1.807, 2.05) is 0 Å². The molecule has 0 radical (unpaired) electrons. The zero-order valence-corrected chi connectivity index (χ0v) is 15.7. The van der Waals surface area contributed by atoms with Gasteiger partial charge >= 0.3 is 5.97 Å². The Bertz CT molecular complexity index is 700. The van der Waals surface area contributed by atoms with Gasteiger partial charge in [0, 0.05) is 0 Å². The summed E-state index contributed by atoms with van der Waals surface area (Å²) in [5.41, 5.74) is 0.770. The second-order valence-electron chi connectivity index (χ2n) is 6.72. The zero-order chi connectivity index (χ0) is 18.4. The van der Waals surface area contributed by atoms with E-state index in [2.05, 4.69) is 0 Å². The second kappa shape index (κ2) is 8.61. The van der Waals surface area contributed by atoms with Crippen LogP contribution < -0.4 is 0 Å². The Kier molecular flexibility index (Phi) is 6.76. The van der Waals surface area contributed by atoms with Crippen molar-refractivity contribution in [3.8, 4) is 0 Å². The first-order chi connectivity index (χ1) is 11.8. The van der Waals surface area contributed by atoms with Crippen molar-refractivity contribution < 1.29 is 22.7 Å². The van der Waals surface area contributed by atoms with E-state index >= 15 is 0 Å². The van der Waals surface area contributed by atoms with Crippen molar-refractivity contribution in [1.82, 2.24) is 0 Å². The van der Waals surface area contributed by atoms with E-state index in [4.69, 9.17) is 4.74 Å². The fourth-order valence-corrected chi connectivity index (χ4v) is 4.70. The molecule has 0 bridgehead atoms. The van der Waals surface area contributed by atoms with E-state index in [9.17, 15) is 18.0 Å². The number of esters is 1. The van der Waals surface area contributed by atoms with Crippen LogP contribution in [0.4, 0.5) is 0 Å². The van der Waals surface area contributed by atoms with E-state index in [0.717, 1.165) is 24.8 Å². The molecule has 2 rings (SSSR count). The van der Waals surface area contributed by atoms with Gasteiger partial charge in [-0.15, -0.1) is 0 Å². The van der Waals surface area contributed by atoms with Gasteiger partial charge in [-0.05, 0) is 43.9 Å². The minimum absolute atomic E-state index is 0.106. The molecule has 0 heterocycles. The molecule has 1 atom stereocenters. The van der Waals surface area contributed by atoms with Crippen molar-refractivity contribution >= 4 is 21.6 Å². The van der Waals surface area contributed by atoms with Crippen molar-refractivity contribution in [2.24, 2.45) is 5.92 Å². The molecule has 5 nitrogen and oxygen atoms in total. The highest BCUT2D eigenvalue weighted by molar-refractivity contribution is 7.92. The number of ketones is 1. The van der Waals surface area contributed by atoms with Gasteiger partial charge in [0.05, 0.1) is 17.4 Å². The molecule has 1 aromatic rings. The summed E-state index contributed by atoms with van der Waals surface area (Å²) >= 11 is 0. The monoisotopic (exact) mass is 366 g/mol. The Labute approximate surface area is 149 Å². The maximum atomic E-state index is 12.4. The standard InChI is InChI=1S/C19H26O5S/c1-3-24-19(21)18(12-15-6-4-5-7-15)16-8-10-17(11-9-16)25(22,23)13-14(2)20/h8-11,15,18H,3-7,12-13H2,1-2H3. The Hall–Kier alpha value is -1.69. The summed E-state index contributed by atoms with van der Waals surface area (Å²) < 4.78 is 29.5. The first-order valence-corrected chi connectivity index (χ1v) is 10.5. The molecule has 138 valence electrons. The van der Waals surface area contributed by atoms with Gasteiger partial charge < -0.3 is 4.74 Å². The molecule has 0 spiro atoms. The van der Waals surface area contributed by atoms with Crippen LogP contribution in [0.2, 0.25) is 0 Å². The van der Waals surface area contributed by atoms with Gasteiger partial charge in [-0.2, -0.15) is 0 Å².